The fourth-order valence-electron chi connectivity index (χ4n) is 2.38. The topological polar surface area (TPSA) is 119 Å². The average molecular weight is 399 g/mol. The van der Waals surface area contributed by atoms with Crippen molar-refractivity contribution in [3.05, 3.63) is 71.8 Å². The Bertz CT molecular complexity index is 865. The minimum absolute atomic E-state index is 0.0937. The third-order valence-electron chi connectivity index (χ3n) is 3.69. The van der Waals surface area contributed by atoms with Crippen molar-refractivity contribution in [3.8, 4) is 0 Å². The van der Waals surface area contributed by atoms with Crippen LogP contribution in [0.1, 0.15) is 34.6 Å². The smallest absolute Gasteiger partial charge is 0.349 e. The second-order valence-electron chi connectivity index (χ2n) is 6.39. The van der Waals surface area contributed by atoms with Gasteiger partial charge in [-0.05, 0) is 38.1 Å². The Morgan fingerprint density at radius 3 is 1.55 bits per heavy atom. The van der Waals surface area contributed by atoms with Crippen LogP contribution in [0.25, 0.3) is 0 Å². The molecule has 0 aromatic heterocycles. The number of aliphatic carboxylic acids is 1. The van der Waals surface area contributed by atoms with Gasteiger partial charge in [0.2, 0.25) is 12.2 Å². The van der Waals surface area contributed by atoms with Crippen LogP contribution >= 0.6 is 0 Å². The number of carbonyl (C=O) groups excluding carboxylic acids is 3. The van der Waals surface area contributed by atoms with Crippen LogP contribution in [0.2, 0.25) is 0 Å². The lowest BCUT2D eigenvalue weighted by molar-refractivity contribution is -0.159. The largest absolute Gasteiger partial charge is 0.478 e. The molecule has 1 amide bonds. The molecule has 152 valence electrons. The number of amides is 1. The van der Waals surface area contributed by atoms with E-state index in [2.05, 4.69) is 5.32 Å². The SMILES string of the molecule is CC(C)NC(=O)[C@H](OC(=O)c1ccccc1)[C@@H](OC(=O)c1ccccc1)C(=O)O. The molecule has 2 rings (SSSR count). The number of esters is 2. The molecular weight excluding hydrogens is 378 g/mol. The molecule has 0 bridgehead atoms. The molecule has 0 aliphatic carbocycles. The third-order valence-corrected chi connectivity index (χ3v) is 3.69. The molecular formula is C21H21NO7. The van der Waals surface area contributed by atoms with E-state index in [9.17, 15) is 24.3 Å². The quantitative estimate of drug-likeness (QED) is 0.652. The summed E-state index contributed by atoms with van der Waals surface area (Å²) in [6, 6.07) is 15.1. The van der Waals surface area contributed by atoms with Gasteiger partial charge in [-0.25, -0.2) is 14.4 Å². The summed E-state index contributed by atoms with van der Waals surface area (Å²) in [5.74, 6) is -4.40. The van der Waals surface area contributed by atoms with Gasteiger partial charge < -0.3 is 19.9 Å². The molecule has 2 atom stereocenters. The molecule has 0 unspecified atom stereocenters. The number of carbonyl (C=O) groups is 4. The number of carboxylic acid groups (broad SMARTS) is 1. The predicted octanol–water partition coefficient (Wildman–Crippen LogP) is 2.05. The van der Waals surface area contributed by atoms with Crippen LogP contribution in [0.4, 0.5) is 0 Å². The lowest BCUT2D eigenvalue weighted by Gasteiger charge is -2.24. The van der Waals surface area contributed by atoms with E-state index in [0.29, 0.717) is 0 Å². The van der Waals surface area contributed by atoms with Crippen molar-refractivity contribution >= 4 is 23.8 Å². The molecule has 8 heteroatoms. The molecule has 0 heterocycles. The minimum atomic E-state index is -2.03. The summed E-state index contributed by atoms with van der Waals surface area (Å²) in [5, 5.41) is 12.0. The van der Waals surface area contributed by atoms with Crippen LogP contribution < -0.4 is 5.32 Å². The molecule has 0 saturated heterocycles. The van der Waals surface area contributed by atoms with E-state index in [1.54, 1.807) is 50.2 Å². The number of benzene rings is 2. The van der Waals surface area contributed by atoms with E-state index >= 15 is 0 Å². The summed E-state index contributed by atoms with van der Waals surface area (Å²) in [7, 11) is 0. The van der Waals surface area contributed by atoms with Crippen LogP contribution in [0.3, 0.4) is 0 Å². The molecule has 0 spiro atoms. The molecule has 2 N–H and O–H groups in total. The predicted molar refractivity (Wildman–Crippen MR) is 102 cm³/mol. The van der Waals surface area contributed by atoms with E-state index in [1.165, 1.54) is 24.3 Å². The van der Waals surface area contributed by atoms with Crippen LogP contribution in [-0.2, 0) is 19.1 Å². The van der Waals surface area contributed by atoms with Crippen LogP contribution in [0, 0.1) is 0 Å². The highest BCUT2D eigenvalue weighted by Crippen LogP contribution is 2.13. The van der Waals surface area contributed by atoms with E-state index in [1.807, 2.05) is 0 Å². The first-order valence-electron chi connectivity index (χ1n) is 8.85. The first-order chi connectivity index (χ1) is 13.8. The number of rotatable bonds is 8. The standard InChI is InChI=1S/C21H21NO7/c1-13(2)22-18(23)16(28-20(26)14-9-5-3-6-10-14)17(19(24)25)29-21(27)15-11-7-4-8-12-15/h3-13,16-17H,1-2H3,(H,22,23)(H,24,25)/t16-,17-/m1/s1. The Hall–Kier alpha value is -3.68. The second kappa shape index (κ2) is 10.0. The summed E-state index contributed by atoms with van der Waals surface area (Å²) >= 11 is 0. The van der Waals surface area contributed by atoms with Crippen molar-refractivity contribution in [2.75, 3.05) is 0 Å². The van der Waals surface area contributed by atoms with Gasteiger partial charge in [-0.1, -0.05) is 36.4 Å². The maximum atomic E-state index is 12.5. The van der Waals surface area contributed by atoms with Crippen LogP contribution in [0.5, 0.6) is 0 Å². The summed E-state index contributed by atoms with van der Waals surface area (Å²) < 4.78 is 10.2. The van der Waals surface area contributed by atoms with Crippen LogP contribution in [0.15, 0.2) is 60.7 Å². The van der Waals surface area contributed by atoms with E-state index in [-0.39, 0.29) is 17.2 Å². The normalized spacial score (nSPS) is 12.5. The van der Waals surface area contributed by atoms with E-state index in [0.717, 1.165) is 0 Å². The molecule has 0 aliphatic heterocycles. The van der Waals surface area contributed by atoms with Gasteiger partial charge in [-0.2, -0.15) is 0 Å². The highest BCUT2D eigenvalue weighted by atomic mass is 16.6. The molecule has 2 aromatic rings. The second-order valence-corrected chi connectivity index (χ2v) is 6.39. The zero-order valence-corrected chi connectivity index (χ0v) is 15.9. The first kappa shape index (κ1) is 21.6. The third kappa shape index (κ3) is 6.17. The molecule has 0 saturated carbocycles. The zero-order chi connectivity index (χ0) is 21.4. The molecule has 8 nitrogen and oxygen atoms in total. The number of ether oxygens (including phenoxy) is 2. The van der Waals surface area contributed by atoms with Gasteiger partial charge in [0, 0.05) is 6.04 Å². The van der Waals surface area contributed by atoms with Gasteiger partial charge in [-0.15, -0.1) is 0 Å². The Labute approximate surface area is 167 Å². The van der Waals surface area contributed by atoms with Crippen molar-refractivity contribution in [1.29, 1.82) is 0 Å². The molecule has 2 aromatic carbocycles. The number of hydrogen-bond acceptors (Lipinski definition) is 6. The fraction of sp³-hybridized carbons (Fsp3) is 0.238. The highest BCUT2D eigenvalue weighted by Gasteiger charge is 2.41. The summed E-state index contributed by atoms with van der Waals surface area (Å²) in [6.45, 7) is 3.31. The maximum absolute atomic E-state index is 12.5. The molecule has 0 aliphatic rings. The zero-order valence-electron chi connectivity index (χ0n) is 15.9. The fourth-order valence-corrected chi connectivity index (χ4v) is 2.38. The number of carboxylic acids is 1. The van der Waals surface area contributed by atoms with Crippen molar-refractivity contribution in [2.45, 2.75) is 32.1 Å². The Balaban J connectivity index is 2.29. The van der Waals surface area contributed by atoms with E-state index < -0.39 is 36.0 Å². The lowest BCUT2D eigenvalue weighted by atomic mass is 10.1. The molecule has 0 radical (unpaired) electrons. The first-order valence-corrected chi connectivity index (χ1v) is 8.85. The Kier molecular flexibility index (Phi) is 7.47. The summed E-state index contributed by atoms with van der Waals surface area (Å²) in [5.41, 5.74) is 0.213. The van der Waals surface area contributed by atoms with Crippen LogP contribution in [-0.4, -0.2) is 47.2 Å². The minimum Gasteiger partial charge on any atom is -0.478 e. The van der Waals surface area contributed by atoms with Crippen molar-refractivity contribution in [2.24, 2.45) is 0 Å². The molecule has 0 fully saturated rings. The van der Waals surface area contributed by atoms with Gasteiger partial charge in [0.25, 0.3) is 5.91 Å². The van der Waals surface area contributed by atoms with Gasteiger partial charge in [0.1, 0.15) is 0 Å². The molecule has 29 heavy (non-hydrogen) atoms. The highest BCUT2D eigenvalue weighted by molar-refractivity contribution is 5.96. The van der Waals surface area contributed by atoms with Gasteiger partial charge in [0.15, 0.2) is 0 Å². The van der Waals surface area contributed by atoms with Gasteiger partial charge in [0.05, 0.1) is 11.1 Å². The van der Waals surface area contributed by atoms with Gasteiger partial charge in [-0.3, -0.25) is 4.79 Å². The lowest BCUT2D eigenvalue weighted by Crippen LogP contribution is -2.51. The van der Waals surface area contributed by atoms with Crippen molar-refractivity contribution in [1.82, 2.24) is 5.32 Å². The summed E-state index contributed by atoms with van der Waals surface area (Å²) in [6.07, 6.45) is -3.91. The Morgan fingerprint density at radius 1 is 0.759 bits per heavy atom. The van der Waals surface area contributed by atoms with Crippen molar-refractivity contribution in [3.63, 3.8) is 0 Å². The Morgan fingerprint density at radius 2 is 1.17 bits per heavy atom. The van der Waals surface area contributed by atoms with Gasteiger partial charge >= 0.3 is 17.9 Å². The van der Waals surface area contributed by atoms with Crippen molar-refractivity contribution < 1.29 is 33.8 Å². The maximum Gasteiger partial charge on any atom is 0.349 e. The summed E-state index contributed by atoms with van der Waals surface area (Å²) in [4.78, 5) is 49.0. The van der Waals surface area contributed by atoms with E-state index in [4.69, 9.17) is 9.47 Å². The monoisotopic (exact) mass is 399 g/mol. The average Bonchev–Trinajstić information content (AvgIpc) is 2.70. The number of nitrogens with one attached hydrogen (secondary N) is 1. The number of hydrogen-bond donors (Lipinski definition) is 2.